The Labute approximate surface area is 113 Å². The number of hydrogen-bond acceptors (Lipinski definition) is 3. The third kappa shape index (κ3) is 3.37. The second kappa shape index (κ2) is 5.36. The number of rotatable bonds is 1. The molecule has 2 aliphatic rings. The van der Waals surface area contributed by atoms with Crippen LogP contribution in [0.25, 0.3) is 0 Å². The van der Waals surface area contributed by atoms with E-state index < -0.39 is 17.5 Å². The maximum atomic E-state index is 12.4. The first-order valence-corrected chi connectivity index (χ1v) is 6.88. The smallest absolute Gasteiger partial charge is 0.320 e. The first kappa shape index (κ1) is 14.1. The van der Waals surface area contributed by atoms with E-state index in [4.69, 9.17) is 5.11 Å². The van der Waals surface area contributed by atoms with Crippen molar-refractivity contribution < 1.29 is 19.8 Å². The molecule has 108 valence electrons. The Balaban J connectivity index is 1.97. The lowest BCUT2D eigenvalue weighted by Gasteiger charge is -2.41. The van der Waals surface area contributed by atoms with Gasteiger partial charge in [-0.1, -0.05) is 0 Å². The number of nitrogens with zero attached hydrogens (tertiary/aromatic N) is 2. The van der Waals surface area contributed by atoms with Gasteiger partial charge in [0.2, 0.25) is 0 Å². The maximum Gasteiger partial charge on any atom is 0.320 e. The first-order chi connectivity index (χ1) is 8.89. The highest BCUT2D eigenvalue weighted by molar-refractivity contribution is 5.77. The SMILES string of the molecule is CC1(O)CCCN(C(=O)N2CCCC(C(=O)O)C2)C1. The van der Waals surface area contributed by atoms with Crippen LogP contribution in [-0.2, 0) is 4.79 Å². The highest BCUT2D eigenvalue weighted by Gasteiger charge is 2.35. The molecule has 0 aliphatic carbocycles. The molecule has 6 heteroatoms. The van der Waals surface area contributed by atoms with Crippen molar-refractivity contribution in [2.45, 2.75) is 38.2 Å². The van der Waals surface area contributed by atoms with Crippen molar-refractivity contribution in [3.05, 3.63) is 0 Å². The largest absolute Gasteiger partial charge is 0.481 e. The maximum absolute atomic E-state index is 12.4. The number of carbonyl (C=O) groups is 2. The topological polar surface area (TPSA) is 81.1 Å². The summed E-state index contributed by atoms with van der Waals surface area (Å²) in [6, 6.07) is -0.133. The van der Waals surface area contributed by atoms with Gasteiger partial charge >= 0.3 is 12.0 Å². The van der Waals surface area contributed by atoms with Gasteiger partial charge in [0, 0.05) is 19.6 Å². The molecule has 0 aromatic rings. The lowest BCUT2D eigenvalue weighted by atomic mass is 9.95. The summed E-state index contributed by atoms with van der Waals surface area (Å²) in [6.07, 6.45) is 2.85. The Bertz CT molecular complexity index is 370. The molecule has 2 N–H and O–H groups in total. The first-order valence-electron chi connectivity index (χ1n) is 6.88. The standard InChI is InChI=1S/C13H22N2O4/c1-13(19)5-3-7-15(9-13)12(18)14-6-2-4-10(8-14)11(16)17/h10,19H,2-9H2,1H3,(H,16,17). The summed E-state index contributed by atoms with van der Waals surface area (Å²) >= 11 is 0. The molecule has 2 fully saturated rings. The minimum Gasteiger partial charge on any atom is -0.481 e. The molecule has 2 unspecified atom stereocenters. The molecule has 2 heterocycles. The van der Waals surface area contributed by atoms with Crippen LogP contribution >= 0.6 is 0 Å². The summed E-state index contributed by atoms with van der Waals surface area (Å²) in [5.74, 6) is -1.29. The number of carboxylic acids is 1. The summed E-state index contributed by atoms with van der Waals surface area (Å²) in [5.41, 5.74) is -0.824. The number of piperidine rings is 2. The number of carboxylic acid groups (broad SMARTS) is 1. The Morgan fingerprint density at radius 2 is 1.89 bits per heavy atom. The monoisotopic (exact) mass is 270 g/mol. The van der Waals surface area contributed by atoms with Gasteiger partial charge in [-0.3, -0.25) is 4.79 Å². The van der Waals surface area contributed by atoms with E-state index in [-0.39, 0.29) is 12.6 Å². The van der Waals surface area contributed by atoms with E-state index in [0.29, 0.717) is 32.5 Å². The Morgan fingerprint density at radius 1 is 1.21 bits per heavy atom. The van der Waals surface area contributed by atoms with Gasteiger partial charge in [-0.2, -0.15) is 0 Å². The molecule has 0 bridgehead atoms. The van der Waals surface area contributed by atoms with Crippen molar-refractivity contribution in [2.75, 3.05) is 26.2 Å². The lowest BCUT2D eigenvalue weighted by Crippen LogP contribution is -2.55. The second-order valence-corrected chi connectivity index (χ2v) is 5.93. The van der Waals surface area contributed by atoms with Gasteiger partial charge in [0.15, 0.2) is 0 Å². The third-order valence-corrected chi connectivity index (χ3v) is 3.99. The molecule has 2 aliphatic heterocycles. The fraction of sp³-hybridized carbons (Fsp3) is 0.846. The van der Waals surface area contributed by atoms with Crippen molar-refractivity contribution in [1.29, 1.82) is 0 Å². The van der Waals surface area contributed by atoms with Crippen LogP contribution < -0.4 is 0 Å². The number of carbonyl (C=O) groups excluding carboxylic acids is 1. The quantitative estimate of drug-likeness (QED) is 0.736. The van der Waals surface area contributed by atoms with E-state index in [9.17, 15) is 14.7 Å². The Morgan fingerprint density at radius 3 is 2.53 bits per heavy atom. The molecule has 0 aromatic carbocycles. The Hall–Kier alpha value is -1.30. The molecule has 0 spiro atoms. The average Bonchev–Trinajstić information content (AvgIpc) is 2.37. The molecule has 6 nitrogen and oxygen atoms in total. The number of likely N-dealkylation sites (tertiary alicyclic amines) is 2. The van der Waals surface area contributed by atoms with Crippen LogP contribution in [0.5, 0.6) is 0 Å². The van der Waals surface area contributed by atoms with Crippen molar-refractivity contribution in [1.82, 2.24) is 9.80 Å². The molecule has 0 aromatic heterocycles. The van der Waals surface area contributed by atoms with E-state index >= 15 is 0 Å². The van der Waals surface area contributed by atoms with Crippen molar-refractivity contribution >= 4 is 12.0 Å². The molecule has 2 amide bonds. The molecule has 2 rings (SSSR count). The number of amides is 2. The normalized spacial score (nSPS) is 32.2. The van der Waals surface area contributed by atoms with E-state index in [2.05, 4.69) is 0 Å². The summed E-state index contributed by atoms with van der Waals surface area (Å²) in [4.78, 5) is 26.6. The lowest BCUT2D eigenvalue weighted by molar-refractivity contribution is -0.143. The number of aliphatic hydroxyl groups is 1. The van der Waals surface area contributed by atoms with Crippen LogP contribution in [0, 0.1) is 5.92 Å². The molecule has 2 saturated heterocycles. The van der Waals surface area contributed by atoms with Gasteiger partial charge in [-0.05, 0) is 32.6 Å². The summed E-state index contributed by atoms with van der Waals surface area (Å²) < 4.78 is 0. The zero-order valence-corrected chi connectivity index (χ0v) is 11.3. The van der Waals surface area contributed by atoms with E-state index in [0.717, 1.165) is 12.8 Å². The van der Waals surface area contributed by atoms with Crippen LogP contribution in [0.1, 0.15) is 32.6 Å². The minimum absolute atomic E-state index is 0.133. The number of β-amino-alcohol motifs (C(OH)–C–C–N with tert-alkyl or cyclic N) is 1. The van der Waals surface area contributed by atoms with Gasteiger partial charge in [0.25, 0.3) is 0 Å². The summed E-state index contributed by atoms with van der Waals surface area (Å²) in [5, 5.41) is 19.1. The summed E-state index contributed by atoms with van der Waals surface area (Å²) in [6.45, 7) is 3.61. The van der Waals surface area contributed by atoms with Crippen LogP contribution in [0.4, 0.5) is 4.79 Å². The number of urea groups is 1. The van der Waals surface area contributed by atoms with E-state index in [1.165, 1.54) is 0 Å². The molecule has 0 saturated carbocycles. The van der Waals surface area contributed by atoms with Crippen molar-refractivity contribution in [3.8, 4) is 0 Å². The fourth-order valence-electron chi connectivity index (χ4n) is 2.94. The molecular weight excluding hydrogens is 248 g/mol. The number of aliphatic carboxylic acids is 1. The van der Waals surface area contributed by atoms with E-state index in [1.807, 2.05) is 0 Å². The number of hydrogen-bond donors (Lipinski definition) is 2. The van der Waals surface area contributed by atoms with E-state index in [1.54, 1.807) is 16.7 Å². The molecular formula is C13H22N2O4. The van der Waals surface area contributed by atoms with Crippen LogP contribution in [-0.4, -0.2) is 63.8 Å². The van der Waals surface area contributed by atoms with Gasteiger partial charge in [0.05, 0.1) is 18.1 Å². The molecule has 19 heavy (non-hydrogen) atoms. The van der Waals surface area contributed by atoms with Crippen LogP contribution in [0.15, 0.2) is 0 Å². The van der Waals surface area contributed by atoms with Gasteiger partial charge in [0.1, 0.15) is 0 Å². The van der Waals surface area contributed by atoms with Crippen molar-refractivity contribution in [3.63, 3.8) is 0 Å². The van der Waals surface area contributed by atoms with Gasteiger partial charge in [-0.25, -0.2) is 4.79 Å². The Kier molecular flexibility index (Phi) is 3.99. The highest BCUT2D eigenvalue weighted by atomic mass is 16.4. The minimum atomic E-state index is -0.830. The second-order valence-electron chi connectivity index (χ2n) is 5.93. The predicted molar refractivity (Wildman–Crippen MR) is 68.8 cm³/mol. The van der Waals surface area contributed by atoms with Gasteiger partial charge < -0.3 is 20.0 Å². The fourth-order valence-corrected chi connectivity index (χ4v) is 2.94. The van der Waals surface area contributed by atoms with Crippen molar-refractivity contribution in [2.24, 2.45) is 5.92 Å². The van der Waals surface area contributed by atoms with Crippen LogP contribution in [0.2, 0.25) is 0 Å². The predicted octanol–water partition coefficient (Wildman–Crippen LogP) is 0.750. The summed E-state index contributed by atoms with van der Waals surface area (Å²) in [7, 11) is 0. The highest BCUT2D eigenvalue weighted by Crippen LogP contribution is 2.23. The van der Waals surface area contributed by atoms with Gasteiger partial charge in [-0.15, -0.1) is 0 Å². The average molecular weight is 270 g/mol. The molecule has 2 atom stereocenters. The van der Waals surface area contributed by atoms with Crippen LogP contribution in [0.3, 0.4) is 0 Å². The molecule has 0 radical (unpaired) electrons. The zero-order valence-electron chi connectivity index (χ0n) is 11.3. The third-order valence-electron chi connectivity index (χ3n) is 3.99. The zero-order chi connectivity index (χ0) is 14.0.